The van der Waals surface area contributed by atoms with Crippen LogP contribution in [-0.4, -0.2) is 53.8 Å². The summed E-state index contributed by atoms with van der Waals surface area (Å²) >= 11 is 1.69. The summed E-state index contributed by atoms with van der Waals surface area (Å²) < 4.78 is 6.21. The standard InChI is InChI=1S/C19H25N3O3S/c1-2-26-14-6-4-3-5-12(14)21-17(23)15-13-7-8-19(25-13)11-22(10-9-20)18(24)16(15)19/h3-6,13,15-16H,2,7-11,20H2,1H3,(H,21,23)/t13-,15-,16+,19-/m0/s1. The van der Waals surface area contributed by atoms with Gasteiger partial charge in [-0.3, -0.25) is 9.59 Å². The number of carbonyl (C=O) groups is 2. The van der Waals surface area contributed by atoms with Crippen molar-refractivity contribution >= 4 is 29.3 Å². The molecule has 0 radical (unpaired) electrons. The van der Waals surface area contributed by atoms with Crippen molar-refractivity contribution in [2.24, 2.45) is 17.6 Å². The van der Waals surface area contributed by atoms with Crippen LogP contribution in [0.4, 0.5) is 5.69 Å². The van der Waals surface area contributed by atoms with Crippen molar-refractivity contribution in [3.05, 3.63) is 24.3 Å². The fraction of sp³-hybridized carbons (Fsp3) is 0.579. The minimum absolute atomic E-state index is 0.0222. The van der Waals surface area contributed by atoms with Gasteiger partial charge in [0, 0.05) is 18.0 Å². The maximum Gasteiger partial charge on any atom is 0.231 e. The third-order valence-corrected chi connectivity index (χ3v) is 6.70. The fourth-order valence-electron chi connectivity index (χ4n) is 4.75. The Bertz CT molecular complexity index is 728. The molecule has 0 saturated carbocycles. The second-order valence-corrected chi connectivity index (χ2v) is 8.54. The normalized spacial score (nSPS) is 32.2. The van der Waals surface area contributed by atoms with E-state index in [-0.39, 0.29) is 23.8 Å². The van der Waals surface area contributed by atoms with E-state index in [0.29, 0.717) is 19.6 Å². The summed E-state index contributed by atoms with van der Waals surface area (Å²) in [7, 11) is 0. The number of nitrogens with two attached hydrogens (primary N) is 1. The van der Waals surface area contributed by atoms with Gasteiger partial charge in [0.2, 0.25) is 11.8 Å². The number of nitrogens with zero attached hydrogens (tertiary/aromatic N) is 1. The van der Waals surface area contributed by atoms with E-state index in [9.17, 15) is 9.59 Å². The summed E-state index contributed by atoms with van der Waals surface area (Å²) in [4.78, 5) is 28.8. The Hall–Kier alpha value is -1.57. The van der Waals surface area contributed by atoms with E-state index in [0.717, 1.165) is 29.2 Å². The number of hydrogen-bond donors (Lipinski definition) is 2. The summed E-state index contributed by atoms with van der Waals surface area (Å²) in [6.45, 7) is 3.60. The Kier molecular flexibility index (Phi) is 4.71. The van der Waals surface area contributed by atoms with Crippen molar-refractivity contribution in [2.45, 2.75) is 36.4 Å². The average Bonchev–Trinajstić information content (AvgIpc) is 3.26. The highest BCUT2D eigenvalue weighted by atomic mass is 32.2. The summed E-state index contributed by atoms with van der Waals surface area (Å²) in [5, 5.41) is 3.06. The van der Waals surface area contributed by atoms with Crippen LogP contribution in [0.2, 0.25) is 0 Å². The molecule has 1 spiro atoms. The van der Waals surface area contributed by atoms with E-state index in [1.807, 2.05) is 24.3 Å². The molecule has 3 fully saturated rings. The second kappa shape index (κ2) is 6.87. The summed E-state index contributed by atoms with van der Waals surface area (Å²) in [5.41, 5.74) is 5.96. The van der Waals surface area contributed by atoms with E-state index in [1.54, 1.807) is 16.7 Å². The Balaban J connectivity index is 1.56. The summed E-state index contributed by atoms with van der Waals surface area (Å²) in [6, 6.07) is 7.80. The topological polar surface area (TPSA) is 84.7 Å². The van der Waals surface area contributed by atoms with E-state index in [1.165, 1.54) is 0 Å². The van der Waals surface area contributed by atoms with Gasteiger partial charge in [-0.15, -0.1) is 11.8 Å². The van der Waals surface area contributed by atoms with Crippen molar-refractivity contribution in [3.8, 4) is 0 Å². The number of rotatable bonds is 6. The Morgan fingerprint density at radius 1 is 1.46 bits per heavy atom. The number of nitrogens with one attached hydrogen (secondary N) is 1. The Morgan fingerprint density at radius 2 is 2.27 bits per heavy atom. The first-order valence-corrected chi connectivity index (χ1v) is 10.3. The van der Waals surface area contributed by atoms with Crippen LogP contribution >= 0.6 is 11.8 Å². The first-order chi connectivity index (χ1) is 12.6. The molecule has 2 amide bonds. The fourth-order valence-corrected chi connectivity index (χ4v) is 5.51. The maximum atomic E-state index is 13.1. The largest absolute Gasteiger partial charge is 0.368 e. The van der Waals surface area contributed by atoms with Gasteiger partial charge in [-0.1, -0.05) is 19.1 Å². The zero-order chi connectivity index (χ0) is 18.3. The molecule has 6 nitrogen and oxygen atoms in total. The van der Waals surface area contributed by atoms with Crippen LogP contribution in [0.15, 0.2) is 29.2 Å². The van der Waals surface area contributed by atoms with Gasteiger partial charge in [-0.2, -0.15) is 0 Å². The third-order valence-electron chi connectivity index (χ3n) is 5.75. The number of para-hydroxylation sites is 1. The minimum atomic E-state index is -0.489. The van der Waals surface area contributed by atoms with Crippen LogP contribution in [0, 0.1) is 11.8 Å². The molecule has 7 heteroatoms. The van der Waals surface area contributed by atoms with Gasteiger partial charge in [0.15, 0.2) is 0 Å². The molecule has 1 aromatic carbocycles. The van der Waals surface area contributed by atoms with Crippen molar-refractivity contribution in [1.29, 1.82) is 0 Å². The molecule has 0 aromatic heterocycles. The number of likely N-dealkylation sites (tertiary alicyclic amines) is 1. The molecular weight excluding hydrogens is 350 g/mol. The number of thioether (sulfide) groups is 1. The molecule has 1 aromatic rings. The predicted octanol–water partition coefficient (Wildman–Crippen LogP) is 1.70. The molecule has 3 saturated heterocycles. The molecule has 140 valence electrons. The molecular formula is C19H25N3O3S. The average molecular weight is 375 g/mol. The molecule has 3 heterocycles. The van der Waals surface area contributed by atoms with Crippen LogP contribution in [-0.2, 0) is 14.3 Å². The second-order valence-electron chi connectivity index (χ2n) is 7.23. The van der Waals surface area contributed by atoms with Crippen LogP contribution in [0.1, 0.15) is 19.8 Å². The van der Waals surface area contributed by atoms with Gasteiger partial charge in [-0.05, 0) is 30.7 Å². The molecule has 26 heavy (non-hydrogen) atoms. The zero-order valence-electron chi connectivity index (χ0n) is 14.9. The molecule has 3 aliphatic heterocycles. The van der Waals surface area contributed by atoms with Crippen LogP contribution in [0.25, 0.3) is 0 Å². The molecule has 2 bridgehead atoms. The smallest absolute Gasteiger partial charge is 0.231 e. The SMILES string of the molecule is CCSc1ccccc1NC(=O)[C@H]1[C@@H]2CC[C@@]3(CN(CCN)C(=O)[C@@H]13)O2. The highest BCUT2D eigenvalue weighted by Crippen LogP contribution is 2.55. The van der Waals surface area contributed by atoms with Crippen molar-refractivity contribution in [1.82, 2.24) is 4.90 Å². The molecule has 4 rings (SSSR count). The van der Waals surface area contributed by atoms with Gasteiger partial charge >= 0.3 is 0 Å². The quantitative estimate of drug-likeness (QED) is 0.740. The van der Waals surface area contributed by atoms with Gasteiger partial charge in [0.25, 0.3) is 0 Å². The van der Waals surface area contributed by atoms with E-state index in [4.69, 9.17) is 10.5 Å². The van der Waals surface area contributed by atoms with Gasteiger partial charge in [0.1, 0.15) is 0 Å². The van der Waals surface area contributed by atoms with Gasteiger partial charge < -0.3 is 20.7 Å². The lowest BCUT2D eigenvalue weighted by atomic mass is 9.73. The molecule has 0 unspecified atom stereocenters. The Morgan fingerprint density at radius 3 is 3.04 bits per heavy atom. The van der Waals surface area contributed by atoms with Crippen molar-refractivity contribution in [2.75, 3.05) is 30.7 Å². The molecule has 3 N–H and O–H groups in total. The number of anilines is 1. The number of ether oxygens (including phenoxy) is 1. The van der Waals surface area contributed by atoms with E-state index in [2.05, 4.69) is 12.2 Å². The maximum absolute atomic E-state index is 13.1. The number of fused-ring (bicyclic) bond motifs is 1. The monoisotopic (exact) mass is 375 g/mol. The lowest BCUT2D eigenvalue weighted by molar-refractivity contribution is -0.136. The van der Waals surface area contributed by atoms with Crippen LogP contribution in [0.5, 0.6) is 0 Å². The first kappa shape index (κ1) is 17.8. The molecule has 0 aliphatic carbocycles. The number of hydrogen-bond acceptors (Lipinski definition) is 5. The summed E-state index contributed by atoms with van der Waals surface area (Å²) in [5.74, 6) is 0.0561. The van der Waals surface area contributed by atoms with Crippen LogP contribution in [0.3, 0.4) is 0 Å². The third kappa shape index (κ3) is 2.73. The van der Waals surface area contributed by atoms with Crippen molar-refractivity contribution < 1.29 is 14.3 Å². The Labute approximate surface area is 157 Å². The van der Waals surface area contributed by atoms with Crippen LogP contribution < -0.4 is 11.1 Å². The molecule has 3 aliphatic rings. The highest BCUT2D eigenvalue weighted by Gasteiger charge is 2.68. The highest BCUT2D eigenvalue weighted by molar-refractivity contribution is 7.99. The number of amides is 2. The van der Waals surface area contributed by atoms with Crippen molar-refractivity contribution in [3.63, 3.8) is 0 Å². The predicted molar refractivity (Wildman–Crippen MR) is 101 cm³/mol. The van der Waals surface area contributed by atoms with Gasteiger partial charge in [-0.25, -0.2) is 0 Å². The lowest BCUT2D eigenvalue weighted by Gasteiger charge is -2.27. The van der Waals surface area contributed by atoms with E-state index >= 15 is 0 Å². The zero-order valence-corrected chi connectivity index (χ0v) is 15.8. The first-order valence-electron chi connectivity index (χ1n) is 9.29. The number of benzene rings is 1. The molecule has 4 atom stereocenters. The van der Waals surface area contributed by atoms with Gasteiger partial charge in [0.05, 0.1) is 35.8 Å². The summed E-state index contributed by atoms with van der Waals surface area (Å²) in [6.07, 6.45) is 1.53. The number of carbonyl (C=O) groups excluding carboxylic acids is 2. The lowest BCUT2D eigenvalue weighted by Crippen LogP contribution is -2.43. The van der Waals surface area contributed by atoms with E-state index < -0.39 is 11.5 Å². The minimum Gasteiger partial charge on any atom is -0.368 e.